The number of hydrogen-bond acceptors (Lipinski definition) is 2. The van der Waals surface area contributed by atoms with Crippen LogP contribution in [0.1, 0.15) is 40.0 Å². The lowest BCUT2D eigenvalue weighted by molar-refractivity contribution is -0.119. The molecule has 2 rings (SSSR count). The number of allylic oxidation sites excluding steroid dienone is 2. The third-order valence-corrected chi connectivity index (χ3v) is 4.79. The van der Waals surface area contributed by atoms with E-state index in [1.807, 2.05) is 6.92 Å². The standard InChI is InChI=1S/C15H22O2/c1-9(2)13-8-15(4)10(3)5-12(16)6-11(15)7-14(13)17/h7,10,12-13,16H,1,5-6,8H2,2-4H3. The molecule has 2 aliphatic carbocycles. The van der Waals surface area contributed by atoms with Crippen LogP contribution in [0.5, 0.6) is 0 Å². The van der Waals surface area contributed by atoms with Crippen molar-refractivity contribution in [2.75, 3.05) is 0 Å². The van der Waals surface area contributed by atoms with Gasteiger partial charge in [-0.25, -0.2) is 0 Å². The number of fused-ring (bicyclic) bond motifs is 1. The molecule has 94 valence electrons. The Hall–Kier alpha value is -0.890. The van der Waals surface area contributed by atoms with Crippen LogP contribution >= 0.6 is 0 Å². The van der Waals surface area contributed by atoms with Crippen molar-refractivity contribution < 1.29 is 9.90 Å². The van der Waals surface area contributed by atoms with Gasteiger partial charge in [0.05, 0.1) is 6.10 Å². The van der Waals surface area contributed by atoms with Crippen molar-refractivity contribution >= 4 is 5.78 Å². The van der Waals surface area contributed by atoms with Crippen molar-refractivity contribution in [3.8, 4) is 0 Å². The molecule has 0 spiro atoms. The zero-order valence-electron chi connectivity index (χ0n) is 11.0. The van der Waals surface area contributed by atoms with Crippen LogP contribution < -0.4 is 0 Å². The van der Waals surface area contributed by atoms with E-state index in [0.29, 0.717) is 12.3 Å². The minimum atomic E-state index is -0.279. The minimum absolute atomic E-state index is 0.0264. The smallest absolute Gasteiger partial charge is 0.162 e. The fourth-order valence-corrected chi connectivity index (χ4v) is 3.33. The molecular formula is C15H22O2. The Balaban J connectivity index is 2.38. The predicted molar refractivity (Wildman–Crippen MR) is 68.5 cm³/mol. The summed E-state index contributed by atoms with van der Waals surface area (Å²) in [6, 6.07) is 0. The molecule has 0 bridgehead atoms. The Kier molecular flexibility index (Phi) is 3.03. The summed E-state index contributed by atoms with van der Waals surface area (Å²) in [4.78, 5) is 12.0. The SMILES string of the molecule is C=C(C)C1CC2(C)C(=CC1=O)CC(O)CC2C. The summed E-state index contributed by atoms with van der Waals surface area (Å²) in [6.45, 7) is 10.3. The zero-order chi connectivity index (χ0) is 12.8. The first-order valence-electron chi connectivity index (χ1n) is 6.43. The quantitative estimate of drug-likeness (QED) is 0.708. The van der Waals surface area contributed by atoms with Gasteiger partial charge in [0.1, 0.15) is 0 Å². The van der Waals surface area contributed by atoms with Crippen molar-refractivity contribution in [3.05, 3.63) is 23.8 Å². The van der Waals surface area contributed by atoms with Crippen LogP contribution in [0.2, 0.25) is 0 Å². The van der Waals surface area contributed by atoms with Crippen LogP contribution in [0.25, 0.3) is 0 Å². The molecule has 0 aromatic carbocycles. The van der Waals surface area contributed by atoms with E-state index in [4.69, 9.17) is 0 Å². The van der Waals surface area contributed by atoms with Crippen LogP contribution in [0.4, 0.5) is 0 Å². The Morgan fingerprint density at radius 3 is 2.82 bits per heavy atom. The highest BCUT2D eigenvalue weighted by atomic mass is 16.3. The molecule has 2 nitrogen and oxygen atoms in total. The van der Waals surface area contributed by atoms with Gasteiger partial charge in [0, 0.05) is 5.92 Å². The van der Waals surface area contributed by atoms with Gasteiger partial charge in [0.25, 0.3) is 0 Å². The van der Waals surface area contributed by atoms with Gasteiger partial charge in [0.15, 0.2) is 5.78 Å². The van der Waals surface area contributed by atoms with Gasteiger partial charge in [-0.3, -0.25) is 4.79 Å². The van der Waals surface area contributed by atoms with E-state index in [0.717, 1.165) is 24.0 Å². The first-order chi connectivity index (χ1) is 7.84. The Labute approximate surface area is 103 Å². The summed E-state index contributed by atoms with van der Waals surface area (Å²) in [6.07, 6.45) is 3.86. The van der Waals surface area contributed by atoms with Gasteiger partial charge in [-0.15, -0.1) is 0 Å². The second kappa shape index (κ2) is 4.09. The highest BCUT2D eigenvalue weighted by Gasteiger charge is 2.46. The number of rotatable bonds is 1. The molecule has 1 N–H and O–H groups in total. The molecule has 0 saturated heterocycles. The van der Waals surface area contributed by atoms with Crippen molar-refractivity contribution in [3.63, 3.8) is 0 Å². The third-order valence-electron chi connectivity index (χ3n) is 4.79. The molecule has 1 fully saturated rings. The second-order valence-corrected chi connectivity index (χ2v) is 6.09. The summed E-state index contributed by atoms with van der Waals surface area (Å²) in [5.41, 5.74) is 2.17. The number of hydrogen-bond donors (Lipinski definition) is 1. The Bertz CT molecular complexity index is 394. The maximum absolute atomic E-state index is 12.0. The van der Waals surface area contributed by atoms with Gasteiger partial charge in [-0.05, 0) is 43.6 Å². The normalized spacial score (nSPS) is 41.8. The lowest BCUT2D eigenvalue weighted by Gasteiger charge is -2.47. The van der Waals surface area contributed by atoms with Crippen LogP contribution in [0.3, 0.4) is 0 Å². The minimum Gasteiger partial charge on any atom is -0.393 e. The number of carbonyl (C=O) groups is 1. The molecule has 2 aliphatic rings. The molecular weight excluding hydrogens is 212 g/mol. The number of ketones is 1. The predicted octanol–water partition coefficient (Wildman–Crippen LogP) is 2.88. The van der Waals surface area contributed by atoms with Crippen molar-refractivity contribution in [1.29, 1.82) is 0 Å². The topological polar surface area (TPSA) is 37.3 Å². The van der Waals surface area contributed by atoms with Gasteiger partial charge in [0.2, 0.25) is 0 Å². The van der Waals surface area contributed by atoms with Crippen molar-refractivity contribution in [1.82, 2.24) is 0 Å². The molecule has 0 aromatic rings. The van der Waals surface area contributed by atoms with Crippen molar-refractivity contribution in [2.24, 2.45) is 17.3 Å². The number of aliphatic hydroxyl groups excluding tert-OH is 1. The average molecular weight is 234 g/mol. The van der Waals surface area contributed by atoms with E-state index in [1.54, 1.807) is 6.08 Å². The highest BCUT2D eigenvalue weighted by Crippen LogP contribution is 2.52. The van der Waals surface area contributed by atoms with Gasteiger partial charge >= 0.3 is 0 Å². The Morgan fingerprint density at radius 2 is 2.24 bits per heavy atom. The maximum Gasteiger partial charge on any atom is 0.162 e. The highest BCUT2D eigenvalue weighted by molar-refractivity contribution is 5.95. The maximum atomic E-state index is 12.0. The lowest BCUT2D eigenvalue weighted by Crippen LogP contribution is -2.42. The summed E-state index contributed by atoms with van der Waals surface area (Å²) in [5, 5.41) is 9.82. The molecule has 17 heavy (non-hydrogen) atoms. The van der Waals surface area contributed by atoms with E-state index in [-0.39, 0.29) is 23.2 Å². The van der Waals surface area contributed by atoms with Crippen LogP contribution in [0, 0.1) is 17.3 Å². The first kappa shape index (κ1) is 12.6. The van der Waals surface area contributed by atoms with E-state index in [9.17, 15) is 9.90 Å². The molecule has 0 radical (unpaired) electrons. The molecule has 0 heterocycles. The van der Waals surface area contributed by atoms with Crippen molar-refractivity contribution in [2.45, 2.75) is 46.1 Å². The van der Waals surface area contributed by atoms with Crippen LogP contribution in [0.15, 0.2) is 23.8 Å². The fraction of sp³-hybridized carbons (Fsp3) is 0.667. The molecule has 4 unspecified atom stereocenters. The monoisotopic (exact) mass is 234 g/mol. The van der Waals surface area contributed by atoms with E-state index in [1.165, 1.54) is 0 Å². The largest absolute Gasteiger partial charge is 0.393 e. The lowest BCUT2D eigenvalue weighted by atomic mass is 9.57. The number of aliphatic hydroxyl groups is 1. The van der Waals surface area contributed by atoms with E-state index < -0.39 is 0 Å². The summed E-state index contributed by atoms with van der Waals surface area (Å²) in [7, 11) is 0. The van der Waals surface area contributed by atoms with Gasteiger partial charge in [-0.2, -0.15) is 0 Å². The average Bonchev–Trinajstić information content (AvgIpc) is 2.20. The van der Waals surface area contributed by atoms with Crippen LogP contribution in [-0.2, 0) is 4.79 Å². The molecule has 4 atom stereocenters. The fourth-order valence-electron chi connectivity index (χ4n) is 3.33. The molecule has 0 aromatic heterocycles. The van der Waals surface area contributed by atoms with E-state index >= 15 is 0 Å². The summed E-state index contributed by atoms with van der Waals surface area (Å²) < 4.78 is 0. The first-order valence-corrected chi connectivity index (χ1v) is 6.43. The second-order valence-electron chi connectivity index (χ2n) is 6.09. The van der Waals surface area contributed by atoms with Gasteiger partial charge < -0.3 is 5.11 Å². The summed E-state index contributed by atoms with van der Waals surface area (Å²) in [5.74, 6) is 0.570. The third kappa shape index (κ3) is 1.99. The Morgan fingerprint density at radius 1 is 1.59 bits per heavy atom. The van der Waals surface area contributed by atoms with E-state index in [2.05, 4.69) is 20.4 Å². The molecule has 0 aliphatic heterocycles. The molecule has 1 saturated carbocycles. The zero-order valence-corrected chi connectivity index (χ0v) is 11.0. The molecule has 2 heteroatoms. The molecule has 0 amide bonds. The van der Waals surface area contributed by atoms with Gasteiger partial charge in [-0.1, -0.05) is 31.6 Å². The van der Waals surface area contributed by atoms with Crippen LogP contribution in [-0.4, -0.2) is 17.0 Å². The summed E-state index contributed by atoms with van der Waals surface area (Å²) >= 11 is 0. The number of carbonyl (C=O) groups excluding carboxylic acids is 1.